The van der Waals surface area contributed by atoms with Gasteiger partial charge >= 0.3 is 0 Å². The van der Waals surface area contributed by atoms with Gasteiger partial charge in [-0.25, -0.2) is 13.2 Å². The third kappa shape index (κ3) is 2.20. The van der Waals surface area contributed by atoms with E-state index in [4.69, 9.17) is 0 Å². The maximum atomic E-state index is 13.1. The molecule has 0 aliphatic rings. The number of halogens is 3. The van der Waals surface area contributed by atoms with Gasteiger partial charge in [-0.2, -0.15) is 0 Å². The summed E-state index contributed by atoms with van der Waals surface area (Å²) in [5.74, 6) is -2.69. The molecule has 0 saturated heterocycles. The number of carbonyl (C=O) groups excluding carboxylic acids is 1. The Morgan fingerprint density at radius 3 is 2.29 bits per heavy atom. The van der Waals surface area contributed by atoms with E-state index in [-0.39, 0.29) is 11.1 Å². The summed E-state index contributed by atoms with van der Waals surface area (Å²) >= 11 is 0. The van der Waals surface area contributed by atoms with Crippen molar-refractivity contribution in [3.05, 3.63) is 59.4 Å². The first-order valence-corrected chi connectivity index (χ1v) is 4.82. The molecule has 2 aromatic rings. The van der Waals surface area contributed by atoms with Crippen molar-refractivity contribution in [1.29, 1.82) is 0 Å². The van der Waals surface area contributed by atoms with Crippen LogP contribution in [0, 0.1) is 17.5 Å². The number of benzene rings is 2. The second-order valence-corrected chi connectivity index (χ2v) is 3.48. The van der Waals surface area contributed by atoms with Gasteiger partial charge in [0, 0.05) is 5.56 Å². The van der Waals surface area contributed by atoms with Crippen LogP contribution in [0.25, 0.3) is 11.1 Å². The molecule has 0 spiro atoms. The predicted octanol–water partition coefficient (Wildman–Crippen LogP) is 3.58. The maximum Gasteiger partial charge on any atom is 0.159 e. The van der Waals surface area contributed by atoms with E-state index >= 15 is 0 Å². The Bertz CT molecular complexity index is 579. The molecule has 0 N–H and O–H groups in total. The molecule has 0 fully saturated rings. The van der Waals surface area contributed by atoms with Gasteiger partial charge in [0.05, 0.1) is 0 Å². The molecule has 0 amide bonds. The van der Waals surface area contributed by atoms with Gasteiger partial charge in [0.1, 0.15) is 5.82 Å². The van der Waals surface area contributed by atoms with E-state index in [1.54, 1.807) is 0 Å². The summed E-state index contributed by atoms with van der Waals surface area (Å²) in [6.45, 7) is 0. The second kappa shape index (κ2) is 4.41. The van der Waals surface area contributed by atoms with Crippen LogP contribution < -0.4 is 0 Å². The number of hydrogen-bond acceptors (Lipinski definition) is 1. The van der Waals surface area contributed by atoms with Gasteiger partial charge in [0.15, 0.2) is 17.9 Å². The van der Waals surface area contributed by atoms with E-state index in [2.05, 4.69) is 0 Å². The van der Waals surface area contributed by atoms with Crippen molar-refractivity contribution in [1.82, 2.24) is 0 Å². The lowest BCUT2D eigenvalue weighted by molar-refractivity contribution is 0.112. The molecule has 4 heteroatoms. The SMILES string of the molecule is O=Cc1cc(F)c(F)cc1-c1cccc(F)c1. The van der Waals surface area contributed by atoms with Crippen molar-refractivity contribution < 1.29 is 18.0 Å². The monoisotopic (exact) mass is 236 g/mol. The van der Waals surface area contributed by atoms with Crippen LogP contribution >= 0.6 is 0 Å². The van der Waals surface area contributed by atoms with Crippen LogP contribution in [0.2, 0.25) is 0 Å². The van der Waals surface area contributed by atoms with Crippen LogP contribution in [0.5, 0.6) is 0 Å². The number of rotatable bonds is 2. The van der Waals surface area contributed by atoms with Crippen LogP contribution in [0.15, 0.2) is 36.4 Å². The molecule has 1 nitrogen and oxygen atoms in total. The minimum atomic E-state index is -1.10. The highest BCUT2D eigenvalue weighted by Gasteiger charge is 2.11. The Kier molecular flexibility index (Phi) is 2.95. The van der Waals surface area contributed by atoms with Crippen LogP contribution in [0.1, 0.15) is 10.4 Å². The van der Waals surface area contributed by atoms with Crippen LogP contribution in [-0.2, 0) is 0 Å². The van der Waals surface area contributed by atoms with E-state index < -0.39 is 17.5 Å². The summed E-state index contributed by atoms with van der Waals surface area (Å²) in [6, 6.07) is 7.00. The lowest BCUT2D eigenvalue weighted by Crippen LogP contribution is -1.93. The summed E-state index contributed by atoms with van der Waals surface area (Å²) in [4.78, 5) is 10.8. The zero-order valence-electron chi connectivity index (χ0n) is 8.58. The van der Waals surface area contributed by atoms with Crippen LogP contribution in [0.3, 0.4) is 0 Å². The molecule has 0 radical (unpaired) electrons. The molecule has 0 aromatic heterocycles. The predicted molar refractivity (Wildman–Crippen MR) is 57.1 cm³/mol. The van der Waals surface area contributed by atoms with Gasteiger partial charge in [-0.1, -0.05) is 12.1 Å². The largest absolute Gasteiger partial charge is 0.298 e. The van der Waals surface area contributed by atoms with Crippen molar-refractivity contribution in [2.75, 3.05) is 0 Å². The Labute approximate surface area is 95.5 Å². The van der Waals surface area contributed by atoms with Crippen molar-refractivity contribution in [2.45, 2.75) is 0 Å². The molecule has 2 rings (SSSR count). The van der Waals surface area contributed by atoms with Crippen molar-refractivity contribution >= 4 is 6.29 Å². The Balaban J connectivity index is 2.66. The molecule has 86 valence electrons. The summed E-state index contributed by atoms with van der Waals surface area (Å²) in [6.07, 6.45) is 0.406. The molecule has 0 unspecified atom stereocenters. The van der Waals surface area contributed by atoms with E-state index in [9.17, 15) is 18.0 Å². The molecule has 0 saturated carbocycles. The van der Waals surface area contributed by atoms with Gasteiger partial charge in [0.2, 0.25) is 0 Å². The Morgan fingerprint density at radius 1 is 0.941 bits per heavy atom. The second-order valence-electron chi connectivity index (χ2n) is 3.48. The number of carbonyl (C=O) groups is 1. The molecule has 0 bridgehead atoms. The Hall–Kier alpha value is -2.10. The maximum absolute atomic E-state index is 13.1. The zero-order chi connectivity index (χ0) is 12.4. The van der Waals surface area contributed by atoms with Crippen LogP contribution in [-0.4, -0.2) is 6.29 Å². The molecule has 0 aliphatic carbocycles. The highest BCUT2D eigenvalue weighted by Crippen LogP contribution is 2.25. The average Bonchev–Trinajstić information content (AvgIpc) is 2.32. The van der Waals surface area contributed by atoms with Gasteiger partial charge in [-0.05, 0) is 35.4 Å². The van der Waals surface area contributed by atoms with E-state index in [1.807, 2.05) is 0 Å². The lowest BCUT2D eigenvalue weighted by atomic mass is 10.00. The van der Waals surface area contributed by atoms with E-state index in [0.717, 1.165) is 18.2 Å². The first-order valence-electron chi connectivity index (χ1n) is 4.82. The summed E-state index contributed by atoms with van der Waals surface area (Å²) in [5, 5.41) is 0. The molecule has 17 heavy (non-hydrogen) atoms. The number of aldehydes is 1. The van der Waals surface area contributed by atoms with Crippen molar-refractivity contribution in [2.24, 2.45) is 0 Å². The van der Waals surface area contributed by atoms with E-state index in [1.165, 1.54) is 18.2 Å². The standard InChI is InChI=1S/C13H7F3O/c14-10-3-1-2-8(4-10)11-6-13(16)12(15)5-9(11)7-17/h1-7H. The summed E-state index contributed by atoms with van der Waals surface area (Å²) in [7, 11) is 0. The first kappa shape index (κ1) is 11.4. The fourth-order valence-electron chi connectivity index (χ4n) is 1.57. The number of hydrogen-bond donors (Lipinski definition) is 0. The smallest absolute Gasteiger partial charge is 0.159 e. The molecule has 2 aromatic carbocycles. The van der Waals surface area contributed by atoms with Crippen molar-refractivity contribution in [3.8, 4) is 11.1 Å². The summed E-state index contributed by atoms with van der Waals surface area (Å²) in [5.41, 5.74) is 0.471. The fourth-order valence-corrected chi connectivity index (χ4v) is 1.57. The molecule has 0 heterocycles. The zero-order valence-corrected chi connectivity index (χ0v) is 8.58. The molecular formula is C13H7F3O. The normalized spacial score (nSPS) is 10.3. The average molecular weight is 236 g/mol. The molecular weight excluding hydrogens is 229 g/mol. The minimum absolute atomic E-state index is 0.0190. The molecule has 0 aliphatic heterocycles. The van der Waals surface area contributed by atoms with Gasteiger partial charge in [-0.15, -0.1) is 0 Å². The van der Waals surface area contributed by atoms with Crippen LogP contribution in [0.4, 0.5) is 13.2 Å². The summed E-state index contributed by atoms with van der Waals surface area (Å²) < 4.78 is 39.0. The topological polar surface area (TPSA) is 17.1 Å². The van der Waals surface area contributed by atoms with Gasteiger partial charge < -0.3 is 0 Å². The quantitative estimate of drug-likeness (QED) is 0.728. The minimum Gasteiger partial charge on any atom is -0.298 e. The highest BCUT2D eigenvalue weighted by molar-refractivity contribution is 5.87. The van der Waals surface area contributed by atoms with Gasteiger partial charge in [-0.3, -0.25) is 4.79 Å². The first-order chi connectivity index (χ1) is 8.11. The fraction of sp³-hybridized carbons (Fsp3) is 0. The lowest BCUT2D eigenvalue weighted by Gasteiger charge is -2.06. The molecule has 0 atom stereocenters. The highest BCUT2D eigenvalue weighted by atomic mass is 19.2. The third-order valence-electron chi connectivity index (χ3n) is 2.36. The van der Waals surface area contributed by atoms with Crippen molar-refractivity contribution in [3.63, 3.8) is 0 Å². The Morgan fingerprint density at radius 2 is 1.65 bits per heavy atom. The van der Waals surface area contributed by atoms with E-state index in [0.29, 0.717) is 11.8 Å². The third-order valence-corrected chi connectivity index (χ3v) is 2.36. The van der Waals surface area contributed by atoms with Gasteiger partial charge in [0.25, 0.3) is 0 Å².